The normalized spacial score (nSPS) is 20.8. The summed E-state index contributed by atoms with van der Waals surface area (Å²) in [6, 6.07) is 0. The van der Waals surface area contributed by atoms with E-state index in [1.54, 1.807) is 6.92 Å². The zero-order valence-corrected chi connectivity index (χ0v) is 16.3. The monoisotopic (exact) mass is 336 g/mol. The second-order valence-electron chi connectivity index (χ2n) is 7.86. The van der Waals surface area contributed by atoms with E-state index in [9.17, 15) is 4.79 Å². The summed E-state index contributed by atoms with van der Waals surface area (Å²) < 4.78 is 5.13. The molecule has 0 aromatic heterocycles. The molecule has 0 spiro atoms. The maximum absolute atomic E-state index is 11.3. The first kappa shape index (κ1) is 21.3. The van der Waals surface area contributed by atoms with E-state index < -0.39 is 0 Å². The number of ether oxygens (including phenoxy) is 1. The zero-order chi connectivity index (χ0) is 17.6. The predicted molar refractivity (Wildman–Crippen MR) is 103 cm³/mol. The fraction of sp³-hybridized carbons (Fsp3) is 0.864. The van der Waals surface area contributed by atoms with Gasteiger partial charge in [-0.05, 0) is 25.2 Å². The van der Waals surface area contributed by atoms with Crippen LogP contribution in [-0.2, 0) is 9.53 Å². The van der Waals surface area contributed by atoms with Gasteiger partial charge >= 0.3 is 5.97 Å². The van der Waals surface area contributed by atoms with Crippen LogP contribution >= 0.6 is 0 Å². The topological polar surface area (TPSA) is 26.3 Å². The lowest BCUT2D eigenvalue weighted by atomic mass is 9.78. The summed E-state index contributed by atoms with van der Waals surface area (Å²) >= 11 is 0. The Hall–Kier alpha value is -0.790. The molecule has 1 saturated carbocycles. The summed E-state index contributed by atoms with van der Waals surface area (Å²) in [6.07, 6.45) is 19.3. The lowest BCUT2D eigenvalue weighted by Crippen LogP contribution is -2.14. The Morgan fingerprint density at radius 2 is 1.38 bits per heavy atom. The molecule has 0 amide bonds. The smallest absolute Gasteiger partial charge is 0.333 e. The van der Waals surface area contributed by atoms with Crippen LogP contribution in [0.15, 0.2) is 12.2 Å². The maximum Gasteiger partial charge on any atom is 0.333 e. The van der Waals surface area contributed by atoms with Crippen molar-refractivity contribution in [1.82, 2.24) is 0 Å². The highest BCUT2D eigenvalue weighted by Gasteiger charge is 2.20. The highest BCUT2D eigenvalue weighted by molar-refractivity contribution is 5.86. The van der Waals surface area contributed by atoms with Gasteiger partial charge in [0, 0.05) is 5.57 Å². The largest absolute Gasteiger partial charge is 0.462 e. The van der Waals surface area contributed by atoms with E-state index in [-0.39, 0.29) is 5.97 Å². The number of hydrogen-bond donors (Lipinski definition) is 0. The summed E-state index contributed by atoms with van der Waals surface area (Å²) in [6.45, 7) is 8.13. The van der Waals surface area contributed by atoms with Crippen molar-refractivity contribution in [3.63, 3.8) is 0 Å². The van der Waals surface area contributed by atoms with Gasteiger partial charge in [-0.3, -0.25) is 0 Å². The van der Waals surface area contributed by atoms with Crippen molar-refractivity contribution >= 4 is 5.97 Å². The van der Waals surface area contributed by atoms with Crippen LogP contribution in [0.3, 0.4) is 0 Å². The van der Waals surface area contributed by atoms with Gasteiger partial charge in [0.1, 0.15) is 0 Å². The Labute approximate surface area is 150 Å². The van der Waals surface area contributed by atoms with Crippen LogP contribution < -0.4 is 0 Å². The molecule has 1 aliphatic carbocycles. The number of esters is 1. The molecule has 0 saturated heterocycles. The number of hydrogen-bond acceptors (Lipinski definition) is 2. The van der Waals surface area contributed by atoms with E-state index >= 15 is 0 Å². The first-order valence-corrected chi connectivity index (χ1v) is 10.5. The first-order valence-electron chi connectivity index (χ1n) is 10.5. The van der Waals surface area contributed by atoms with Crippen molar-refractivity contribution in [2.45, 2.75) is 104 Å². The Balaban J connectivity index is 1.93. The van der Waals surface area contributed by atoms with E-state index in [1.807, 2.05) is 0 Å². The molecule has 0 N–H and O–H groups in total. The fourth-order valence-electron chi connectivity index (χ4n) is 3.85. The van der Waals surface area contributed by atoms with E-state index in [1.165, 1.54) is 83.5 Å². The van der Waals surface area contributed by atoms with Gasteiger partial charge in [-0.15, -0.1) is 0 Å². The maximum atomic E-state index is 11.3. The van der Waals surface area contributed by atoms with Crippen molar-refractivity contribution in [3.8, 4) is 0 Å². The minimum Gasteiger partial charge on any atom is -0.462 e. The van der Waals surface area contributed by atoms with E-state index in [0.29, 0.717) is 12.2 Å². The van der Waals surface area contributed by atoms with Crippen molar-refractivity contribution in [3.05, 3.63) is 12.2 Å². The Morgan fingerprint density at radius 1 is 0.875 bits per heavy atom. The summed E-state index contributed by atoms with van der Waals surface area (Å²) in [4.78, 5) is 11.3. The van der Waals surface area contributed by atoms with Crippen molar-refractivity contribution in [2.24, 2.45) is 11.8 Å². The molecular formula is C22H40O2. The molecule has 140 valence electrons. The Bertz CT molecular complexity index is 340. The fourth-order valence-corrected chi connectivity index (χ4v) is 3.85. The second-order valence-corrected chi connectivity index (χ2v) is 7.86. The molecular weight excluding hydrogens is 296 g/mol. The minimum absolute atomic E-state index is 0.247. The SMILES string of the molecule is C=C(C)C(=O)OCCCCCC1CCC(CCCCCCC)CC1. The molecule has 0 aliphatic heterocycles. The van der Waals surface area contributed by atoms with Crippen molar-refractivity contribution < 1.29 is 9.53 Å². The summed E-state index contributed by atoms with van der Waals surface area (Å²) in [5, 5.41) is 0. The van der Waals surface area contributed by atoms with Gasteiger partial charge < -0.3 is 4.74 Å². The molecule has 1 aliphatic rings. The van der Waals surface area contributed by atoms with E-state index in [0.717, 1.165) is 18.3 Å². The van der Waals surface area contributed by atoms with Crippen molar-refractivity contribution in [2.75, 3.05) is 6.61 Å². The van der Waals surface area contributed by atoms with E-state index in [4.69, 9.17) is 4.74 Å². The van der Waals surface area contributed by atoms with Crippen LogP contribution in [0.5, 0.6) is 0 Å². The highest BCUT2D eigenvalue weighted by atomic mass is 16.5. The molecule has 1 fully saturated rings. The molecule has 1 rings (SSSR count). The number of carbonyl (C=O) groups is 1. The lowest BCUT2D eigenvalue weighted by Gasteiger charge is -2.28. The van der Waals surface area contributed by atoms with Crippen molar-refractivity contribution in [1.29, 1.82) is 0 Å². The van der Waals surface area contributed by atoms with E-state index in [2.05, 4.69) is 13.5 Å². The third-order valence-electron chi connectivity index (χ3n) is 5.52. The molecule has 0 heterocycles. The number of carbonyl (C=O) groups excluding carboxylic acids is 1. The average molecular weight is 337 g/mol. The third-order valence-corrected chi connectivity index (χ3v) is 5.52. The standard InChI is InChI=1S/C22H40O2/c1-4-5-6-7-9-12-20-14-16-21(17-15-20)13-10-8-11-18-24-22(23)19(2)3/h20-21H,2,4-18H2,1,3H3. The molecule has 2 nitrogen and oxygen atoms in total. The van der Waals surface area contributed by atoms with Crippen LogP contribution in [0.25, 0.3) is 0 Å². The third kappa shape index (κ3) is 10.2. The molecule has 0 bridgehead atoms. The molecule has 0 aromatic carbocycles. The Morgan fingerprint density at radius 3 is 1.88 bits per heavy atom. The van der Waals surface area contributed by atoms with Gasteiger partial charge in [-0.1, -0.05) is 97.0 Å². The molecule has 0 aromatic rings. The van der Waals surface area contributed by atoms with Gasteiger partial charge in [0.05, 0.1) is 6.61 Å². The van der Waals surface area contributed by atoms with Crippen LogP contribution in [-0.4, -0.2) is 12.6 Å². The first-order chi connectivity index (χ1) is 11.6. The predicted octanol–water partition coefficient (Wildman–Crippen LogP) is 6.83. The molecule has 24 heavy (non-hydrogen) atoms. The van der Waals surface area contributed by atoms with Crippen LogP contribution in [0.2, 0.25) is 0 Å². The average Bonchev–Trinajstić information content (AvgIpc) is 2.58. The zero-order valence-electron chi connectivity index (χ0n) is 16.3. The quantitative estimate of drug-likeness (QED) is 0.209. The van der Waals surface area contributed by atoms with Gasteiger partial charge in [0.2, 0.25) is 0 Å². The Kier molecular flexibility index (Phi) is 12.0. The lowest BCUT2D eigenvalue weighted by molar-refractivity contribution is -0.139. The second kappa shape index (κ2) is 13.5. The van der Waals surface area contributed by atoms with Gasteiger partial charge in [0.15, 0.2) is 0 Å². The van der Waals surface area contributed by atoms with Crippen LogP contribution in [0.1, 0.15) is 104 Å². The van der Waals surface area contributed by atoms with Crippen LogP contribution in [0, 0.1) is 11.8 Å². The number of rotatable bonds is 13. The number of unbranched alkanes of at least 4 members (excludes halogenated alkanes) is 6. The summed E-state index contributed by atoms with van der Waals surface area (Å²) in [5.74, 6) is 1.73. The minimum atomic E-state index is -0.247. The van der Waals surface area contributed by atoms with Gasteiger partial charge in [-0.2, -0.15) is 0 Å². The van der Waals surface area contributed by atoms with Crippen LogP contribution in [0.4, 0.5) is 0 Å². The molecule has 0 radical (unpaired) electrons. The summed E-state index contributed by atoms with van der Waals surface area (Å²) in [7, 11) is 0. The van der Waals surface area contributed by atoms with Gasteiger partial charge in [0.25, 0.3) is 0 Å². The molecule has 0 unspecified atom stereocenters. The highest BCUT2D eigenvalue weighted by Crippen LogP contribution is 2.34. The summed E-state index contributed by atoms with van der Waals surface area (Å²) in [5.41, 5.74) is 0.497. The van der Waals surface area contributed by atoms with Gasteiger partial charge in [-0.25, -0.2) is 4.79 Å². The molecule has 0 atom stereocenters. The molecule has 2 heteroatoms.